The number of fused-ring (bicyclic) bond motifs is 1. The Kier molecular flexibility index (Phi) is 4.49. The molecule has 28 heavy (non-hydrogen) atoms. The zero-order valence-corrected chi connectivity index (χ0v) is 15.3. The van der Waals surface area contributed by atoms with Crippen molar-refractivity contribution in [3.05, 3.63) is 83.2 Å². The molecule has 0 aliphatic carbocycles. The molecule has 3 amide bonds. The van der Waals surface area contributed by atoms with Gasteiger partial charge in [0.1, 0.15) is 0 Å². The fraction of sp³-hybridized carbons (Fsp3) is 0.143. The standard InChI is InChI=1S/C21H18N4O3/c1-2-24-16(10-11-23-24)13-22-19(26)14-6-5-7-15(12-14)25-20(27)17-8-3-4-9-18(17)21(25)28/h3-12H,2,13H2,1H3,(H,22,26). The predicted molar refractivity (Wildman–Crippen MR) is 103 cm³/mol. The van der Waals surface area contributed by atoms with Gasteiger partial charge in [0.2, 0.25) is 0 Å². The van der Waals surface area contributed by atoms with E-state index in [1.807, 2.05) is 13.0 Å². The van der Waals surface area contributed by atoms with Crippen molar-refractivity contribution in [2.75, 3.05) is 4.90 Å². The first-order chi connectivity index (χ1) is 13.6. The van der Waals surface area contributed by atoms with Gasteiger partial charge in [-0.25, -0.2) is 4.90 Å². The number of anilines is 1. The Morgan fingerprint density at radius 3 is 2.39 bits per heavy atom. The Hall–Kier alpha value is -3.74. The largest absolute Gasteiger partial charge is 0.346 e. The van der Waals surface area contributed by atoms with Crippen molar-refractivity contribution in [1.29, 1.82) is 0 Å². The number of rotatable bonds is 5. The summed E-state index contributed by atoms with van der Waals surface area (Å²) in [6, 6.07) is 15.0. The van der Waals surface area contributed by atoms with Crippen LogP contribution in [0.15, 0.2) is 60.8 Å². The summed E-state index contributed by atoms with van der Waals surface area (Å²) in [6.45, 7) is 3.03. The number of aryl methyl sites for hydroxylation is 1. The molecule has 0 spiro atoms. The fourth-order valence-electron chi connectivity index (χ4n) is 3.28. The molecule has 2 heterocycles. The number of hydrogen-bond donors (Lipinski definition) is 1. The van der Waals surface area contributed by atoms with Crippen LogP contribution in [-0.4, -0.2) is 27.5 Å². The highest BCUT2D eigenvalue weighted by Gasteiger charge is 2.36. The number of aromatic nitrogens is 2. The molecule has 0 saturated heterocycles. The second-order valence-electron chi connectivity index (χ2n) is 6.36. The lowest BCUT2D eigenvalue weighted by Crippen LogP contribution is -2.30. The van der Waals surface area contributed by atoms with Crippen molar-refractivity contribution in [3.63, 3.8) is 0 Å². The molecule has 0 atom stereocenters. The van der Waals surface area contributed by atoms with Gasteiger partial charge >= 0.3 is 0 Å². The zero-order chi connectivity index (χ0) is 19.7. The number of nitrogens with zero attached hydrogens (tertiary/aromatic N) is 3. The normalized spacial score (nSPS) is 13.0. The Bertz CT molecular complexity index is 1050. The molecule has 0 bridgehead atoms. The number of nitrogens with one attached hydrogen (secondary N) is 1. The smallest absolute Gasteiger partial charge is 0.266 e. The molecular formula is C21H18N4O3. The topological polar surface area (TPSA) is 84.3 Å². The molecule has 1 N–H and O–H groups in total. The minimum Gasteiger partial charge on any atom is -0.346 e. The van der Waals surface area contributed by atoms with Gasteiger partial charge in [0, 0.05) is 18.3 Å². The van der Waals surface area contributed by atoms with Crippen LogP contribution in [0.3, 0.4) is 0 Å². The zero-order valence-electron chi connectivity index (χ0n) is 15.3. The maximum atomic E-state index is 12.6. The summed E-state index contributed by atoms with van der Waals surface area (Å²) in [5.74, 6) is -1.06. The van der Waals surface area contributed by atoms with Crippen LogP contribution in [0.4, 0.5) is 5.69 Å². The van der Waals surface area contributed by atoms with Crippen LogP contribution in [0.5, 0.6) is 0 Å². The third-order valence-electron chi connectivity index (χ3n) is 4.69. The Balaban J connectivity index is 1.54. The first kappa shape index (κ1) is 17.7. The summed E-state index contributed by atoms with van der Waals surface area (Å²) in [4.78, 5) is 38.9. The minimum absolute atomic E-state index is 0.290. The van der Waals surface area contributed by atoms with E-state index in [2.05, 4.69) is 10.4 Å². The molecule has 0 fully saturated rings. The number of benzene rings is 2. The van der Waals surface area contributed by atoms with Crippen molar-refractivity contribution in [3.8, 4) is 0 Å². The molecule has 1 aliphatic rings. The van der Waals surface area contributed by atoms with Crippen LogP contribution in [-0.2, 0) is 13.1 Å². The Labute approximate surface area is 161 Å². The number of carbonyl (C=O) groups excluding carboxylic acids is 3. The van der Waals surface area contributed by atoms with E-state index in [4.69, 9.17) is 0 Å². The van der Waals surface area contributed by atoms with Crippen molar-refractivity contribution in [2.45, 2.75) is 20.0 Å². The average Bonchev–Trinajstić information content (AvgIpc) is 3.29. The van der Waals surface area contributed by atoms with Crippen molar-refractivity contribution in [2.24, 2.45) is 0 Å². The molecule has 0 radical (unpaired) electrons. The van der Waals surface area contributed by atoms with E-state index in [1.165, 1.54) is 0 Å². The third-order valence-corrected chi connectivity index (χ3v) is 4.69. The van der Waals surface area contributed by atoms with Gasteiger partial charge in [-0.05, 0) is 43.3 Å². The molecule has 7 nitrogen and oxygen atoms in total. The average molecular weight is 374 g/mol. The molecule has 0 unspecified atom stereocenters. The summed E-state index contributed by atoms with van der Waals surface area (Å²) >= 11 is 0. The van der Waals surface area contributed by atoms with Crippen molar-refractivity contribution < 1.29 is 14.4 Å². The molecular weight excluding hydrogens is 356 g/mol. The maximum absolute atomic E-state index is 12.6. The van der Waals surface area contributed by atoms with Crippen LogP contribution in [0.25, 0.3) is 0 Å². The maximum Gasteiger partial charge on any atom is 0.266 e. The van der Waals surface area contributed by atoms with Gasteiger partial charge in [-0.15, -0.1) is 0 Å². The first-order valence-corrected chi connectivity index (χ1v) is 8.97. The molecule has 2 aromatic carbocycles. The molecule has 1 aromatic heterocycles. The Morgan fingerprint density at radius 2 is 1.71 bits per heavy atom. The second kappa shape index (κ2) is 7.11. The molecule has 0 saturated carbocycles. The highest BCUT2D eigenvalue weighted by molar-refractivity contribution is 6.34. The van der Waals surface area contributed by atoms with E-state index in [-0.39, 0.29) is 17.7 Å². The van der Waals surface area contributed by atoms with E-state index in [0.29, 0.717) is 35.5 Å². The fourth-order valence-corrected chi connectivity index (χ4v) is 3.28. The van der Waals surface area contributed by atoms with Gasteiger partial charge in [0.25, 0.3) is 17.7 Å². The van der Waals surface area contributed by atoms with Crippen LogP contribution in [0, 0.1) is 0 Å². The highest BCUT2D eigenvalue weighted by Crippen LogP contribution is 2.28. The Morgan fingerprint density at radius 1 is 1.00 bits per heavy atom. The summed E-state index contributed by atoms with van der Waals surface area (Å²) in [7, 11) is 0. The van der Waals surface area contributed by atoms with Crippen LogP contribution < -0.4 is 10.2 Å². The molecule has 3 aromatic rings. The van der Waals surface area contributed by atoms with Gasteiger partial charge in [0.05, 0.1) is 29.1 Å². The van der Waals surface area contributed by atoms with E-state index in [0.717, 1.165) is 10.6 Å². The van der Waals surface area contributed by atoms with Gasteiger partial charge in [0.15, 0.2) is 0 Å². The number of imide groups is 1. The lowest BCUT2D eigenvalue weighted by molar-refractivity contribution is 0.0919. The number of hydrogen-bond acceptors (Lipinski definition) is 4. The lowest BCUT2D eigenvalue weighted by Gasteiger charge is -2.15. The highest BCUT2D eigenvalue weighted by atomic mass is 16.2. The van der Waals surface area contributed by atoms with Crippen LogP contribution >= 0.6 is 0 Å². The molecule has 7 heteroatoms. The van der Waals surface area contributed by atoms with Crippen molar-refractivity contribution in [1.82, 2.24) is 15.1 Å². The third kappa shape index (κ3) is 2.96. The molecule has 140 valence electrons. The van der Waals surface area contributed by atoms with E-state index in [1.54, 1.807) is 59.4 Å². The first-order valence-electron chi connectivity index (χ1n) is 8.97. The molecule has 1 aliphatic heterocycles. The lowest BCUT2D eigenvalue weighted by atomic mass is 10.1. The minimum atomic E-state index is -0.384. The summed E-state index contributed by atoms with van der Waals surface area (Å²) in [5, 5.41) is 7.02. The van der Waals surface area contributed by atoms with E-state index in [9.17, 15) is 14.4 Å². The number of carbonyl (C=O) groups is 3. The quantitative estimate of drug-likeness (QED) is 0.696. The summed E-state index contributed by atoms with van der Waals surface area (Å²) in [6.07, 6.45) is 1.69. The number of amides is 3. The summed E-state index contributed by atoms with van der Waals surface area (Å²) < 4.78 is 1.80. The predicted octanol–water partition coefficient (Wildman–Crippen LogP) is 2.63. The van der Waals surface area contributed by atoms with Gasteiger partial charge in [-0.1, -0.05) is 18.2 Å². The SMILES string of the molecule is CCn1nccc1CNC(=O)c1cccc(N2C(=O)c3ccccc3C2=O)c1. The van der Waals surface area contributed by atoms with E-state index < -0.39 is 0 Å². The van der Waals surface area contributed by atoms with Crippen LogP contribution in [0.2, 0.25) is 0 Å². The van der Waals surface area contributed by atoms with Crippen molar-refractivity contribution >= 4 is 23.4 Å². The molecule has 4 rings (SSSR count). The van der Waals surface area contributed by atoms with Gasteiger partial charge < -0.3 is 5.32 Å². The second-order valence-corrected chi connectivity index (χ2v) is 6.36. The monoisotopic (exact) mass is 374 g/mol. The van der Waals surface area contributed by atoms with Crippen LogP contribution in [0.1, 0.15) is 43.7 Å². The summed E-state index contributed by atoms with van der Waals surface area (Å²) in [5.41, 5.74) is 2.38. The van der Waals surface area contributed by atoms with Gasteiger partial charge in [-0.3, -0.25) is 19.1 Å². The van der Waals surface area contributed by atoms with Gasteiger partial charge in [-0.2, -0.15) is 5.10 Å². The van der Waals surface area contributed by atoms with E-state index >= 15 is 0 Å².